The maximum atomic E-state index is 5.28. The van der Waals surface area contributed by atoms with Gasteiger partial charge in [0.25, 0.3) is 0 Å². The van der Waals surface area contributed by atoms with E-state index in [0.717, 1.165) is 17.9 Å². The minimum atomic E-state index is -0.0297. The third-order valence-corrected chi connectivity index (χ3v) is 7.17. The van der Waals surface area contributed by atoms with E-state index in [0.29, 0.717) is 0 Å². The fourth-order valence-electron chi connectivity index (χ4n) is 5.52. The van der Waals surface area contributed by atoms with Gasteiger partial charge in [0.15, 0.2) is 5.84 Å². The fourth-order valence-corrected chi connectivity index (χ4v) is 5.52. The molecule has 0 bridgehead atoms. The maximum absolute atomic E-state index is 5.28. The minimum absolute atomic E-state index is 0.0297. The molecule has 3 aromatic carbocycles. The van der Waals surface area contributed by atoms with Gasteiger partial charge in [-0.1, -0.05) is 68.4 Å². The Labute approximate surface area is 178 Å². The summed E-state index contributed by atoms with van der Waals surface area (Å²) in [6.07, 6.45) is 1.17. The van der Waals surface area contributed by atoms with E-state index in [4.69, 9.17) is 5.10 Å². The first kappa shape index (κ1) is 17.6. The molecule has 0 N–H and O–H groups in total. The van der Waals surface area contributed by atoms with Gasteiger partial charge in [-0.05, 0) is 29.7 Å². The highest BCUT2D eigenvalue weighted by molar-refractivity contribution is 6.22. The Bertz CT molecular complexity index is 1210. The van der Waals surface area contributed by atoms with Crippen LogP contribution in [0.3, 0.4) is 0 Å². The number of fused-ring (bicyclic) bond motifs is 3. The molecule has 3 aliphatic rings. The van der Waals surface area contributed by atoms with Gasteiger partial charge in [0, 0.05) is 30.6 Å². The van der Waals surface area contributed by atoms with Crippen molar-refractivity contribution in [3.05, 3.63) is 77.9 Å². The van der Waals surface area contributed by atoms with Crippen molar-refractivity contribution < 1.29 is 0 Å². The van der Waals surface area contributed by atoms with Crippen LogP contribution in [0.1, 0.15) is 31.4 Å². The summed E-state index contributed by atoms with van der Waals surface area (Å²) in [5, 5.41) is 7.56. The molecule has 0 spiro atoms. The van der Waals surface area contributed by atoms with Crippen molar-refractivity contribution in [2.75, 3.05) is 28.9 Å². The summed E-state index contributed by atoms with van der Waals surface area (Å²) in [6, 6.07) is 24.1. The van der Waals surface area contributed by atoms with Crippen LogP contribution in [0.5, 0.6) is 0 Å². The molecule has 0 radical (unpaired) electrons. The molecule has 0 aliphatic carbocycles. The molecule has 4 nitrogen and oxygen atoms in total. The van der Waals surface area contributed by atoms with Gasteiger partial charge in [-0.25, -0.2) is 5.01 Å². The Morgan fingerprint density at radius 1 is 0.900 bits per heavy atom. The number of para-hydroxylation sites is 3. The largest absolute Gasteiger partial charge is 0.376 e. The standard InChI is InChI=1S/C26H26N4/c1-5-26(2)20-14-10-13-18-17-11-6-7-12-19(17)24-27-30(25(26)29(24)23(18)20)22-16-9-8-15-21(22)28(3)4/h6-16,25H,5H2,1-4H3. The predicted molar refractivity (Wildman–Crippen MR) is 126 cm³/mol. The third-order valence-electron chi connectivity index (χ3n) is 7.17. The smallest absolute Gasteiger partial charge is 0.163 e. The van der Waals surface area contributed by atoms with E-state index in [1.807, 2.05) is 0 Å². The van der Waals surface area contributed by atoms with Gasteiger partial charge in [0.05, 0.1) is 17.1 Å². The average molecular weight is 395 g/mol. The number of rotatable bonds is 3. The average Bonchev–Trinajstić information content (AvgIpc) is 3.30. The summed E-state index contributed by atoms with van der Waals surface area (Å²) in [5.74, 6) is 1.07. The molecule has 6 rings (SSSR count). The zero-order valence-electron chi connectivity index (χ0n) is 17.9. The summed E-state index contributed by atoms with van der Waals surface area (Å²) in [6.45, 7) is 4.71. The second-order valence-electron chi connectivity index (χ2n) is 8.91. The van der Waals surface area contributed by atoms with Crippen molar-refractivity contribution >= 4 is 22.9 Å². The summed E-state index contributed by atoms with van der Waals surface area (Å²) in [5.41, 5.74) is 8.91. The molecule has 0 aromatic heterocycles. The number of benzene rings is 3. The van der Waals surface area contributed by atoms with Gasteiger partial charge in [-0.15, -0.1) is 0 Å². The van der Waals surface area contributed by atoms with Gasteiger partial charge < -0.3 is 4.90 Å². The molecule has 4 heteroatoms. The van der Waals surface area contributed by atoms with Crippen LogP contribution in [0.2, 0.25) is 0 Å². The lowest BCUT2D eigenvalue weighted by Crippen LogP contribution is -2.50. The maximum Gasteiger partial charge on any atom is 0.163 e. The second-order valence-corrected chi connectivity index (χ2v) is 8.91. The molecule has 0 saturated heterocycles. The van der Waals surface area contributed by atoms with Crippen LogP contribution < -0.4 is 14.8 Å². The van der Waals surface area contributed by atoms with E-state index in [9.17, 15) is 0 Å². The molecular weight excluding hydrogens is 368 g/mol. The van der Waals surface area contributed by atoms with Crippen LogP contribution in [-0.4, -0.2) is 26.1 Å². The normalized spacial score (nSPS) is 22.7. The third kappa shape index (κ3) is 1.99. The quantitative estimate of drug-likeness (QED) is 0.591. The van der Waals surface area contributed by atoms with Crippen molar-refractivity contribution in [1.82, 2.24) is 0 Å². The number of hydrogen-bond acceptors (Lipinski definition) is 4. The molecule has 2 atom stereocenters. The lowest BCUT2D eigenvalue weighted by Gasteiger charge is -2.38. The molecule has 0 saturated carbocycles. The Morgan fingerprint density at radius 3 is 2.37 bits per heavy atom. The number of anilines is 3. The molecule has 2 unspecified atom stereocenters. The SMILES string of the molecule is CCC1(C)c2cccc3c2N2C(=NN(c4ccccc4N(C)C)C21)c1ccccc1-3. The molecular formula is C26H26N4. The number of amidine groups is 1. The Morgan fingerprint density at radius 2 is 1.60 bits per heavy atom. The minimum Gasteiger partial charge on any atom is -0.376 e. The van der Waals surface area contributed by atoms with Crippen LogP contribution in [-0.2, 0) is 5.41 Å². The van der Waals surface area contributed by atoms with E-state index in [1.54, 1.807) is 0 Å². The molecule has 30 heavy (non-hydrogen) atoms. The highest BCUT2D eigenvalue weighted by atomic mass is 15.6. The first-order valence-corrected chi connectivity index (χ1v) is 10.7. The number of nitrogens with zero attached hydrogens (tertiary/aromatic N) is 4. The Kier molecular flexibility index (Phi) is 3.45. The Balaban J connectivity index is 1.68. The van der Waals surface area contributed by atoms with E-state index in [2.05, 4.69) is 109 Å². The zero-order chi connectivity index (χ0) is 20.6. The van der Waals surface area contributed by atoms with Crippen molar-refractivity contribution in [3.63, 3.8) is 0 Å². The van der Waals surface area contributed by atoms with E-state index >= 15 is 0 Å². The second kappa shape index (κ2) is 5.88. The van der Waals surface area contributed by atoms with E-state index in [1.165, 1.54) is 33.6 Å². The lowest BCUT2D eigenvalue weighted by atomic mass is 9.78. The number of hydrogen-bond donors (Lipinski definition) is 0. The topological polar surface area (TPSA) is 22.1 Å². The molecule has 3 aliphatic heterocycles. The van der Waals surface area contributed by atoms with Crippen LogP contribution in [0.4, 0.5) is 17.1 Å². The van der Waals surface area contributed by atoms with Crippen LogP contribution in [0.15, 0.2) is 71.8 Å². The zero-order valence-corrected chi connectivity index (χ0v) is 17.9. The first-order valence-electron chi connectivity index (χ1n) is 10.7. The van der Waals surface area contributed by atoms with Crippen LogP contribution >= 0.6 is 0 Å². The Hall–Kier alpha value is -3.27. The molecule has 0 amide bonds. The molecule has 3 heterocycles. The van der Waals surface area contributed by atoms with Gasteiger partial charge in [0.1, 0.15) is 6.17 Å². The van der Waals surface area contributed by atoms with Crippen LogP contribution in [0, 0.1) is 0 Å². The molecule has 3 aromatic rings. The van der Waals surface area contributed by atoms with Crippen LogP contribution in [0.25, 0.3) is 11.1 Å². The first-order chi connectivity index (χ1) is 14.6. The van der Waals surface area contributed by atoms with E-state index < -0.39 is 0 Å². The molecule has 150 valence electrons. The van der Waals surface area contributed by atoms with Gasteiger partial charge in [-0.2, -0.15) is 5.10 Å². The highest BCUT2D eigenvalue weighted by Gasteiger charge is 2.57. The van der Waals surface area contributed by atoms with Crippen molar-refractivity contribution in [2.24, 2.45) is 5.10 Å². The van der Waals surface area contributed by atoms with Gasteiger partial charge in [-0.3, -0.25) is 4.90 Å². The van der Waals surface area contributed by atoms with Gasteiger partial charge in [0.2, 0.25) is 0 Å². The summed E-state index contributed by atoms with van der Waals surface area (Å²) < 4.78 is 0. The predicted octanol–water partition coefficient (Wildman–Crippen LogP) is 5.43. The van der Waals surface area contributed by atoms with E-state index in [-0.39, 0.29) is 11.6 Å². The van der Waals surface area contributed by atoms with Crippen molar-refractivity contribution in [3.8, 4) is 11.1 Å². The summed E-state index contributed by atoms with van der Waals surface area (Å²) in [7, 11) is 4.20. The van der Waals surface area contributed by atoms with Crippen molar-refractivity contribution in [1.29, 1.82) is 0 Å². The monoisotopic (exact) mass is 394 g/mol. The van der Waals surface area contributed by atoms with Crippen molar-refractivity contribution in [2.45, 2.75) is 31.8 Å². The fraction of sp³-hybridized carbons (Fsp3) is 0.269. The number of hydrazone groups is 1. The summed E-state index contributed by atoms with van der Waals surface area (Å²) in [4.78, 5) is 4.68. The van der Waals surface area contributed by atoms with Gasteiger partial charge >= 0.3 is 0 Å². The molecule has 0 fully saturated rings. The summed E-state index contributed by atoms with van der Waals surface area (Å²) >= 11 is 0. The highest BCUT2D eigenvalue weighted by Crippen LogP contribution is 2.58. The lowest BCUT2D eigenvalue weighted by molar-refractivity contribution is 0.386.